The second kappa shape index (κ2) is 36.1. The van der Waals surface area contributed by atoms with Crippen LogP contribution in [0.25, 0.3) is 89.7 Å². The number of anilines is 4. The second-order valence-corrected chi connectivity index (χ2v) is 29.8. The fourth-order valence-electron chi connectivity index (χ4n) is 13.2. The molecule has 3 atom stereocenters. The number of carbonyl (C=O) groups excluding carboxylic acids is 4. The highest BCUT2D eigenvalue weighted by Crippen LogP contribution is 2.42. The van der Waals surface area contributed by atoms with Gasteiger partial charge in [-0.15, -0.1) is 0 Å². The van der Waals surface area contributed by atoms with Crippen molar-refractivity contribution in [3.8, 4) is 45.6 Å². The van der Waals surface area contributed by atoms with E-state index in [0.717, 1.165) is 48.8 Å². The van der Waals surface area contributed by atoms with Crippen LogP contribution in [0.4, 0.5) is 84.7 Å². The Bertz CT molecular complexity index is 5760. The van der Waals surface area contributed by atoms with Crippen LogP contribution in [0.2, 0.25) is 20.1 Å². The molecule has 0 radical (unpaired) electrons. The van der Waals surface area contributed by atoms with E-state index in [1.165, 1.54) is 35.9 Å². The van der Waals surface area contributed by atoms with E-state index in [0.29, 0.717) is 137 Å². The lowest BCUT2D eigenvalue weighted by Crippen LogP contribution is -2.51. The number of aromatic nitrogens is 16. The molecule has 120 heavy (non-hydrogen) atoms. The molecular formula is C74H80Cl4F14N24O4. The highest BCUT2D eigenvalue weighted by molar-refractivity contribution is 6.32. The highest BCUT2D eigenvalue weighted by atomic mass is 35.5. The Morgan fingerprint density at radius 2 is 0.883 bits per heavy atom. The molecule has 2 aliphatic carbocycles. The maximum atomic E-state index is 14.7. The van der Waals surface area contributed by atoms with E-state index in [1.54, 1.807) is 72.3 Å². The summed E-state index contributed by atoms with van der Waals surface area (Å²) in [4.78, 5) is 115. The zero-order valence-electron chi connectivity index (χ0n) is 61.9. The molecule has 2 aliphatic heterocycles. The average molecular weight is 1780 g/mol. The van der Waals surface area contributed by atoms with Gasteiger partial charge >= 0.3 is 24.7 Å². The van der Waals surface area contributed by atoms with Crippen LogP contribution in [0.5, 0.6) is 0 Å². The van der Waals surface area contributed by atoms with Crippen molar-refractivity contribution in [1.29, 1.82) is 0 Å². The van der Waals surface area contributed by atoms with Crippen LogP contribution in [0, 0.1) is 17.6 Å². The molecule has 14 heterocycles. The van der Waals surface area contributed by atoms with Crippen LogP contribution in [0.1, 0.15) is 80.6 Å². The number of nitrogens with one attached hydrogen (secondary N) is 10. The minimum absolute atomic E-state index is 0. The van der Waals surface area contributed by atoms with E-state index in [9.17, 15) is 80.6 Å². The molecule has 10 N–H and O–H groups in total. The largest absolute Gasteiger partial charge is 0.405 e. The molecule has 4 amide bonds. The number of hydrogen-bond acceptors (Lipinski definition) is 20. The molecule has 0 unspecified atom stereocenters. The number of halogens is 18. The van der Waals surface area contributed by atoms with Gasteiger partial charge in [0.05, 0.1) is 32.5 Å². The van der Waals surface area contributed by atoms with Gasteiger partial charge in [0.25, 0.3) is 0 Å². The third-order valence-electron chi connectivity index (χ3n) is 19.2. The summed E-state index contributed by atoms with van der Waals surface area (Å²) in [5.74, 6) is -2.83. The Hall–Kier alpha value is -11.7. The average Bonchev–Trinajstić information content (AvgIpc) is 1.31. The molecule has 646 valence electrons. The van der Waals surface area contributed by atoms with Crippen LogP contribution in [-0.2, 0) is 19.2 Å². The highest BCUT2D eigenvalue weighted by Gasteiger charge is 2.52. The third kappa shape index (κ3) is 22.0. The van der Waals surface area contributed by atoms with Crippen LogP contribution < -0.4 is 41.7 Å². The first-order chi connectivity index (χ1) is 57.0. The van der Waals surface area contributed by atoms with E-state index in [4.69, 9.17) is 46.4 Å². The predicted octanol–water partition coefficient (Wildman–Crippen LogP) is 16.7. The molecule has 0 spiro atoms. The molecule has 28 nitrogen and oxygen atoms in total. The number of fused-ring (bicyclic) bond motifs is 4. The number of H-pyrrole nitrogens is 4. The number of carbonyl (C=O) groups is 4. The summed E-state index contributed by atoms with van der Waals surface area (Å²) in [7, 11) is 0. The number of piperidine rings is 2. The van der Waals surface area contributed by atoms with E-state index < -0.39 is 110 Å². The topological polar surface area (TPSA) is 365 Å². The molecule has 2 saturated heterocycles. The molecular weight excluding hydrogens is 1700 g/mol. The maximum Gasteiger partial charge on any atom is 0.405 e. The van der Waals surface area contributed by atoms with Crippen molar-refractivity contribution < 1.29 is 90.6 Å². The molecule has 4 aliphatic rings. The lowest BCUT2D eigenvalue weighted by Gasteiger charge is -2.35. The van der Waals surface area contributed by atoms with Crippen molar-refractivity contribution >= 4 is 137 Å². The summed E-state index contributed by atoms with van der Waals surface area (Å²) >= 11 is 24.1. The standard InChI is InChI=1S/C19H17ClF4N6O.2C19H18ClF3N6O.C17H13ClF4N6O.7H2/c20-10-5-11-12(7-26-15(11)25-6-10)16-27-8-13(21)17(29-16)30-4-2-1-3-14(30)18(31)28-9-19(22,23)24;20-11-6-12-13(8-26-16(12)25-7-11)17-24-4-3-15(29-17)28-14(5-10-1-2-10)18(30)27-9-19(21,22)23;20-11-7-12-13(9-26-16(12)25-8-11)17-24-5-4-15(28-17)29-6-2-1-3-14(29)18(30)27-10-19(21,22)23;18-8-3-9-10(5-24-12(9)23-4-8)13-25-6-11(19)14(27-13)28-16(1-2-16)15(29)26-7-17(20,21)22;;;;;;;/h5-8,14H,1-4,9H2,(H,25,26)(H,28,31);3-4,6-8,10,14H,1-2,5,9H2,(H,25,26)(H,27,30)(H,24,28,29);4-5,7-9,14H,1-3,6,10H2,(H,25,26)(H,27,30);3-6H,1-2,7H2,(H,23,24)(H,26,29)(H,25,27,28);7*1H/t3*14-;;;;;;;;/m111......../s1. The van der Waals surface area contributed by atoms with Crippen LogP contribution >= 0.6 is 46.4 Å². The van der Waals surface area contributed by atoms with Gasteiger partial charge < -0.3 is 61.6 Å². The second-order valence-electron chi connectivity index (χ2n) is 28.1. The summed E-state index contributed by atoms with van der Waals surface area (Å²) in [6.45, 7) is -4.84. The Morgan fingerprint density at radius 1 is 0.475 bits per heavy atom. The monoisotopic (exact) mass is 1770 g/mol. The maximum absolute atomic E-state index is 14.7. The van der Waals surface area contributed by atoms with Crippen molar-refractivity contribution in [2.45, 2.75) is 119 Å². The summed E-state index contributed by atoms with van der Waals surface area (Å²) < 4.78 is 178. The minimum atomic E-state index is -4.54. The van der Waals surface area contributed by atoms with Gasteiger partial charge in [-0.2, -0.15) is 52.7 Å². The van der Waals surface area contributed by atoms with E-state index in [2.05, 4.69) is 90.4 Å². The zero-order valence-corrected chi connectivity index (χ0v) is 64.9. The van der Waals surface area contributed by atoms with Gasteiger partial charge in [0, 0.05) is 129 Å². The van der Waals surface area contributed by atoms with Crippen molar-refractivity contribution in [1.82, 2.24) is 101 Å². The van der Waals surface area contributed by atoms with Crippen molar-refractivity contribution in [2.75, 3.05) is 59.7 Å². The Morgan fingerprint density at radius 3 is 1.34 bits per heavy atom. The number of hydrogen-bond donors (Lipinski definition) is 10. The zero-order chi connectivity index (χ0) is 85.6. The molecule has 0 bridgehead atoms. The smallest absolute Gasteiger partial charge is 0.358 e. The third-order valence-corrected chi connectivity index (χ3v) is 20.0. The van der Waals surface area contributed by atoms with Gasteiger partial charge in [0.1, 0.15) is 84.1 Å². The van der Waals surface area contributed by atoms with Crippen molar-refractivity contribution in [2.24, 2.45) is 5.92 Å². The minimum Gasteiger partial charge on any atom is -0.358 e. The molecule has 4 fully saturated rings. The predicted molar refractivity (Wildman–Crippen MR) is 430 cm³/mol. The summed E-state index contributed by atoms with van der Waals surface area (Å²) in [5, 5.41) is 17.7. The van der Waals surface area contributed by atoms with Crippen LogP contribution in [-0.4, -0.2) is 191 Å². The van der Waals surface area contributed by atoms with Gasteiger partial charge in [-0.1, -0.05) is 59.2 Å². The molecule has 2 saturated carbocycles. The van der Waals surface area contributed by atoms with E-state index in [1.807, 2.05) is 21.3 Å². The van der Waals surface area contributed by atoms with Gasteiger partial charge in [-0.05, 0) is 100 Å². The Kier molecular flexibility index (Phi) is 25.9. The number of rotatable bonds is 20. The van der Waals surface area contributed by atoms with Crippen LogP contribution in [0.15, 0.2) is 111 Å². The van der Waals surface area contributed by atoms with Crippen LogP contribution in [0.3, 0.4) is 0 Å². The lowest BCUT2D eigenvalue weighted by atomic mass is 10.0. The summed E-state index contributed by atoms with van der Waals surface area (Å²) in [6.07, 6.45) is 6.02. The molecule has 0 aromatic carbocycles. The quantitative estimate of drug-likeness (QED) is 0.0317. The van der Waals surface area contributed by atoms with E-state index >= 15 is 0 Å². The summed E-state index contributed by atoms with van der Waals surface area (Å²) in [6, 6.07) is 7.51. The number of pyridine rings is 4. The Balaban J connectivity index is 0.000000257. The van der Waals surface area contributed by atoms with Gasteiger partial charge in [-0.3, -0.25) is 19.2 Å². The summed E-state index contributed by atoms with van der Waals surface area (Å²) in [5.41, 5.74) is 3.38. The van der Waals surface area contributed by atoms with Gasteiger partial charge in [0.2, 0.25) is 23.6 Å². The van der Waals surface area contributed by atoms with Gasteiger partial charge in [-0.25, -0.2) is 68.6 Å². The van der Waals surface area contributed by atoms with Crippen molar-refractivity contribution in [3.63, 3.8) is 0 Å². The van der Waals surface area contributed by atoms with E-state index in [-0.39, 0.29) is 59.1 Å². The number of nitrogens with zero attached hydrogens (tertiary/aromatic N) is 14. The van der Waals surface area contributed by atoms with Crippen molar-refractivity contribution in [3.05, 3.63) is 142 Å². The first-order valence-corrected chi connectivity index (χ1v) is 38.2. The first-order valence-electron chi connectivity index (χ1n) is 36.7. The molecule has 16 rings (SSSR count). The number of aromatic amines is 4. The van der Waals surface area contributed by atoms with Gasteiger partial charge in [0.15, 0.2) is 46.6 Å². The number of amides is 4. The first kappa shape index (κ1) is 86.2. The molecule has 12 aromatic heterocycles. The fourth-order valence-corrected chi connectivity index (χ4v) is 13.8. The molecule has 12 aromatic rings. The fraction of sp³-hybridized carbons (Fsp3) is 0.351. The molecule has 46 heteroatoms. The Labute approximate surface area is 698 Å². The number of alkyl halides is 12. The normalized spacial score (nSPS) is 16.3. The lowest BCUT2D eigenvalue weighted by molar-refractivity contribution is -0.139. The SMILES string of the molecule is O=C(NCC(F)(F)F)C1(Nc2nc(-c3c[nH]c4ncc(Cl)cc34)ncc2F)CC1.O=C(NCC(F)(F)F)[C@@H](CC1CC1)Nc1ccnc(-c2c[nH]c3ncc(Cl)cc23)n1.O=C(NCC(F)(F)F)[C@H]1CCCCN1c1ccnc(-c2c[nH]c3ncc(Cl)cc23)n1.O=C(NCC(F)(F)F)[C@H]1CCCCN1c1nc(-c2c[nH]c3ncc(Cl)cc23)ncc1F.[HH].[HH].[HH].[HH].[HH].[HH].[HH].